The monoisotopic (exact) mass is 281 g/mol. The van der Waals surface area contributed by atoms with Crippen molar-refractivity contribution < 1.29 is 9.50 Å². The smallest absolute Gasteiger partial charge is 0.186 e. The SMILES string of the molecule is CCNc1nc(-c2ccc(O)c(Cl)c2)nc(C)c1F. The number of aromatic hydroxyl groups is 1. The Bertz CT molecular complexity index is 619. The number of nitrogens with zero attached hydrogens (tertiary/aromatic N) is 2. The van der Waals surface area contributed by atoms with Crippen molar-refractivity contribution in [2.24, 2.45) is 0 Å². The van der Waals surface area contributed by atoms with Crippen LogP contribution in [0.3, 0.4) is 0 Å². The van der Waals surface area contributed by atoms with Gasteiger partial charge in [0.2, 0.25) is 0 Å². The van der Waals surface area contributed by atoms with Crippen molar-refractivity contribution in [2.45, 2.75) is 13.8 Å². The van der Waals surface area contributed by atoms with Crippen molar-refractivity contribution in [3.63, 3.8) is 0 Å². The first kappa shape index (κ1) is 13.5. The molecular formula is C13H13ClFN3O. The van der Waals surface area contributed by atoms with E-state index in [4.69, 9.17) is 11.6 Å². The molecule has 2 aromatic rings. The molecule has 2 N–H and O–H groups in total. The molecule has 0 atom stereocenters. The summed E-state index contributed by atoms with van der Waals surface area (Å²) >= 11 is 5.84. The Morgan fingerprint density at radius 2 is 2.11 bits per heavy atom. The predicted molar refractivity (Wildman–Crippen MR) is 73.0 cm³/mol. The molecule has 0 radical (unpaired) electrons. The van der Waals surface area contributed by atoms with Crippen LogP contribution in [0.25, 0.3) is 11.4 Å². The highest BCUT2D eigenvalue weighted by Crippen LogP contribution is 2.29. The summed E-state index contributed by atoms with van der Waals surface area (Å²) in [6.07, 6.45) is 0. The zero-order chi connectivity index (χ0) is 14.0. The fraction of sp³-hybridized carbons (Fsp3) is 0.231. The van der Waals surface area contributed by atoms with Gasteiger partial charge in [-0.2, -0.15) is 0 Å². The van der Waals surface area contributed by atoms with Crippen molar-refractivity contribution >= 4 is 17.4 Å². The maximum Gasteiger partial charge on any atom is 0.186 e. The first-order chi connectivity index (χ1) is 9.02. The number of benzene rings is 1. The summed E-state index contributed by atoms with van der Waals surface area (Å²) in [5.74, 6) is 0.0394. The average Bonchev–Trinajstić information content (AvgIpc) is 2.38. The molecule has 0 saturated carbocycles. The quantitative estimate of drug-likeness (QED) is 0.905. The summed E-state index contributed by atoms with van der Waals surface area (Å²) < 4.78 is 13.8. The third kappa shape index (κ3) is 2.76. The summed E-state index contributed by atoms with van der Waals surface area (Å²) in [4.78, 5) is 8.22. The van der Waals surface area contributed by atoms with Gasteiger partial charge in [-0.25, -0.2) is 14.4 Å². The molecule has 1 aromatic carbocycles. The standard InChI is InChI=1S/C13H13ClFN3O/c1-3-16-13-11(15)7(2)17-12(18-13)8-4-5-10(19)9(14)6-8/h4-6,19H,3H2,1-2H3,(H,16,17,18). The van der Waals surface area contributed by atoms with Gasteiger partial charge in [-0.1, -0.05) is 11.6 Å². The molecule has 0 bridgehead atoms. The summed E-state index contributed by atoms with van der Waals surface area (Å²) in [6.45, 7) is 3.99. The molecule has 0 aliphatic rings. The lowest BCUT2D eigenvalue weighted by molar-refractivity contribution is 0.475. The van der Waals surface area contributed by atoms with Crippen molar-refractivity contribution in [1.82, 2.24) is 9.97 Å². The fourth-order valence-corrected chi connectivity index (χ4v) is 1.80. The Morgan fingerprint density at radius 3 is 2.74 bits per heavy atom. The highest BCUT2D eigenvalue weighted by molar-refractivity contribution is 6.32. The van der Waals surface area contributed by atoms with E-state index in [0.29, 0.717) is 17.9 Å². The molecule has 0 unspecified atom stereocenters. The van der Waals surface area contributed by atoms with Crippen LogP contribution in [0.4, 0.5) is 10.2 Å². The molecule has 0 spiro atoms. The van der Waals surface area contributed by atoms with Gasteiger partial charge >= 0.3 is 0 Å². The molecule has 0 saturated heterocycles. The third-order valence-electron chi connectivity index (χ3n) is 2.57. The molecule has 0 aliphatic heterocycles. The van der Waals surface area contributed by atoms with E-state index in [1.807, 2.05) is 6.92 Å². The normalized spacial score (nSPS) is 10.5. The highest BCUT2D eigenvalue weighted by Gasteiger charge is 2.13. The lowest BCUT2D eigenvalue weighted by Crippen LogP contribution is -2.06. The van der Waals surface area contributed by atoms with Crippen LogP contribution in [-0.2, 0) is 0 Å². The van der Waals surface area contributed by atoms with Gasteiger partial charge in [0.15, 0.2) is 17.5 Å². The van der Waals surface area contributed by atoms with Crippen LogP contribution in [0, 0.1) is 12.7 Å². The van der Waals surface area contributed by atoms with Crippen molar-refractivity contribution in [1.29, 1.82) is 0 Å². The lowest BCUT2D eigenvalue weighted by atomic mass is 10.2. The van der Waals surface area contributed by atoms with E-state index in [2.05, 4.69) is 15.3 Å². The number of hydrogen-bond acceptors (Lipinski definition) is 4. The van der Waals surface area contributed by atoms with Gasteiger partial charge in [0, 0.05) is 12.1 Å². The Morgan fingerprint density at radius 1 is 1.37 bits per heavy atom. The van der Waals surface area contributed by atoms with E-state index in [1.165, 1.54) is 6.07 Å². The Hall–Kier alpha value is -1.88. The van der Waals surface area contributed by atoms with Crippen LogP contribution in [-0.4, -0.2) is 21.6 Å². The van der Waals surface area contributed by atoms with Crippen molar-refractivity contribution in [3.8, 4) is 17.1 Å². The number of aryl methyl sites for hydroxylation is 1. The zero-order valence-corrected chi connectivity index (χ0v) is 11.3. The van der Waals surface area contributed by atoms with E-state index in [9.17, 15) is 9.50 Å². The molecule has 100 valence electrons. The van der Waals surface area contributed by atoms with E-state index in [0.717, 1.165) is 0 Å². The summed E-state index contributed by atoms with van der Waals surface area (Å²) in [6, 6.07) is 4.62. The number of halogens is 2. The second kappa shape index (κ2) is 5.40. The summed E-state index contributed by atoms with van der Waals surface area (Å²) in [7, 11) is 0. The number of anilines is 1. The van der Waals surface area contributed by atoms with Crippen LogP contribution >= 0.6 is 11.6 Å². The van der Waals surface area contributed by atoms with Crippen LogP contribution in [0.15, 0.2) is 18.2 Å². The molecule has 1 heterocycles. The van der Waals surface area contributed by atoms with Crippen LogP contribution in [0.2, 0.25) is 5.02 Å². The maximum atomic E-state index is 13.8. The minimum absolute atomic E-state index is 0.0174. The van der Waals surface area contributed by atoms with Crippen LogP contribution in [0.5, 0.6) is 5.75 Å². The lowest BCUT2D eigenvalue weighted by Gasteiger charge is -2.09. The average molecular weight is 282 g/mol. The second-order valence-electron chi connectivity index (χ2n) is 3.99. The van der Waals surface area contributed by atoms with Crippen LogP contribution in [0.1, 0.15) is 12.6 Å². The van der Waals surface area contributed by atoms with E-state index in [-0.39, 0.29) is 22.3 Å². The summed E-state index contributed by atoms with van der Waals surface area (Å²) in [5, 5.41) is 12.4. The number of phenolic OH excluding ortho intramolecular Hbond substituents is 1. The van der Waals surface area contributed by atoms with E-state index >= 15 is 0 Å². The highest BCUT2D eigenvalue weighted by atomic mass is 35.5. The number of phenols is 1. The first-order valence-corrected chi connectivity index (χ1v) is 6.17. The van der Waals surface area contributed by atoms with E-state index < -0.39 is 5.82 Å². The fourth-order valence-electron chi connectivity index (χ4n) is 1.62. The van der Waals surface area contributed by atoms with Gasteiger partial charge in [0.05, 0.1) is 10.7 Å². The van der Waals surface area contributed by atoms with Crippen molar-refractivity contribution in [3.05, 3.63) is 34.7 Å². The van der Waals surface area contributed by atoms with Crippen LogP contribution < -0.4 is 5.32 Å². The molecule has 1 aromatic heterocycles. The van der Waals surface area contributed by atoms with Gasteiger partial charge in [0.1, 0.15) is 5.75 Å². The number of hydrogen-bond donors (Lipinski definition) is 2. The van der Waals surface area contributed by atoms with Gasteiger partial charge in [-0.15, -0.1) is 0 Å². The molecule has 4 nitrogen and oxygen atoms in total. The minimum atomic E-state index is -0.463. The largest absolute Gasteiger partial charge is 0.506 e. The first-order valence-electron chi connectivity index (χ1n) is 5.79. The van der Waals surface area contributed by atoms with E-state index in [1.54, 1.807) is 19.1 Å². The molecule has 19 heavy (non-hydrogen) atoms. The second-order valence-corrected chi connectivity index (χ2v) is 4.40. The van der Waals surface area contributed by atoms with Gasteiger partial charge < -0.3 is 10.4 Å². The zero-order valence-electron chi connectivity index (χ0n) is 10.5. The molecule has 0 amide bonds. The third-order valence-corrected chi connectivity index (χ3v) is 2.87. The topological polar surface area (TPSA) is 58.0 Å². The molecule has 6 heteroatoms. The van der Waals surface area contributed by atoms with Gasteiger partial charge in [-0.3, -0.25) is 0 Å². The number of rotatable bonds is 3. The molecule has 0 aliphatic carbocycles. The van der Waals surface area contributed by atoms with Gasteiger partial charge in [0.25, 0.3) is 0 Å². The molecule has 0 fully saturated rings. The Balaban J connectivity index is 2.52. The maximum absolute atomic E-state index is 13.8. The Kier molecular flexibility index (Phi) is 3.85. The minimum Gasteiger partial charge on any atom is -0.506 e. The van der Waals surface area contributed by atoms with Gasteiger partial charge in [-0.05, 0) is 32.0 Å². The molecule has 2 rings (SSSR count). The predicted octanol–water partition coefficient (Wildman–Crippen LogP) is 3.38. The Labute approximate surface area is 115 Å². The number of nitrogens with one attached hydrogen (secondary N) is 1. The number of aromatic nitrogens is 2. The summed E-state index contributed by atoms with van der Waals surface area (Å²) in [5.41, 5.74) is 0.871. The van der Waals surface area contributed by atoms with Crippen molar-refractivity contribution in [2.75, 3.05) is 11.9 Å². The molecular weight excluding hydrogens is 269 g/mol.